The van der Waals surface area contributed by atoms with E-state index in [1.807, 2.05) is 6.08 Å². The smallest absolute Gasteiger partial charge is 0.200 e. The van der Waals surface area contributed by atoms with Crippen LogP contribution in [-0.2, 0) is 4.74 Å². The monoisotopic (exact) mass is 410 g/mol. The fourth-order valence-corrected chi connectivity index (χ4v) is 4.92. The van der Waals surface area contributed by atoms with Gasteiger partial charge in [-0.25, -0.2) is 8.78 Å². The molecule has 1 aromatic rings. The van der Waals surface area contributed by atoms with E-state index in [1.54, 1.807) is 25.1 Å². The van der Waals surface area contributed by atoms with Gasteiger partial charge in [0.1, 0.15) is 6.67 Å². The predicted octanol–water partition coefficient (Wildman–Crippen LogP) is 6.74. The largest absolute Gasteiger partial charge is 0.491 e. The molecular formula is C24H33F3O2. The van der Waals surface area contributed by atoms with Gasteiger partial charge in [0, 0.05) is 0 Å². The summed E-state index contributed by atoms with van der Waals surface area (Å²) >= 11 is 0. The van der Waals surface area contributed by atoms with Crippen molar-refractivity contribution in [2.75, 3.05) is 19.9 Å². The van der Waals surface area contributed by atoms with Crippen molar-refractivity contribution in [2.24, 2.45) is 11.8 Å². The van der Waals surface area contributed by atoms with Gasteiger partial charge in [0.25, 0.3) is 0 Å². The third-order valence-electron chi connectivity index (χ3n) is 6.57. The minimum absolute atomic E-state index is 0.00321. The summed E-state index contributed by atoms with van der Waals surface area (Å²) in [7, 11) is 0. The highest BCUT2D eigenvalue weighted by Crippen LogP contribution is 2.43. The minimum atomic E-state index is -0.862. The third kappa shape index (κ3) is 5.78. The Labute approximate surface area is 172 Å². The molecule has 2 nitrogen and oxygen atoms in total. The van der Waals surface area contributed by atoms with Crippen molar-refractivity contribution in [1.82, 2.24) is 0 Å². The van der Waals surface area contributed by atoms with Crippen LogP contribution in [0.5, 0.6) is 5.75 Å². The van der Waals surface area contributed by atoms with Crippen molar-refractivity contribution < 1.29 is 22.6 Å². The van der Waals surface area contributed by atoms with Crippen molar-refractivity contribution >= 4 is 0 Å². The second kappa shape index (κ2) is 11.1. The first-order chi connectivity index (χ1) is 14.1. The molecule has 162 valence electrons. The van der Waals surface area contributed by atoms with Crippen molar-refractivity contribution in [3.63, 3.8) is 0 Å². The molecule has 5 heteroatoms. The molecule has 1 aromatic carbocycles. The fraction of sp³-hybridized carbons (Fsp3) is 0.667. The van der Waals surface area contributed by atoms with E-state index in [0.29, 0.717) is 24.0 Å². The zero-order chi connectivity index (χ0) is 20.6. The van der Waals surface area contributed by atoms with Gasteiger partial charge in [0.2, 0.25) is 5.82 Å². The second-order valence-corrected chi connectivity index (χ2v) is 8.32. The summed E-state index contributed by atoms with van der Waals surface area (Å²) in [5.41, 5.74) is 0.491. The van der Waals surface area contributed by atoms with E-state index in [2.05, 4.69) is 0 Å². The molecule has 2 fully saturated rings. The fourth-order valence-electron chi connectivity index (χ4n) is 4.92. The number of benzene rings is 1. The molecular weight excluding hydrogens is 377 g/mol. The molecule has 0 amide bonds. The number of ether oxygens (including phenoxy) is 2. The maximum absolute atomic E-state index is 14.5. The molecule has 29 heavy (non-hydrogen) atoms. The van der Waals surface area contributed by atoms with Gasteiger partial charge in [-0.3, -0.25) is 0 Å². The molecule has 1 saturated carbocycles. The van der Waals surface area contributed by atoms with Crippen LogP contribution in [-0.4, -0.2) is 26.0 Å². The van der Waals surface area contributed by atoms with Crippen molar-refractivity contribution in [2.45, 2.75) is 70.3 Å². The number of hydrogen-bond donors (Lipinski definition) is 0. The predicted molar refractivity (Wildman–Crippen MR) is 109 cm³/mol. The summed E-state index contributed by atoms with van der Waals surface area (Å²) in [5, 5.41) is 0. The van der Waals surface area contributed by atoms with E-state index >= 15 is 0 Å². The molecule has 1 aliphatic heterocycles. The average Bonchev–Trinajstić information content (AvgIpc) is 2.75. The van der Waals surface area contributed by atoms with Gasteiger partial charge in [-0.15, -0.1) is 0 Å². The number of hydrogen-bond acceptors (Lipinski definition) is 2. The lowest BCUT2D eigenvalue weighted by atomic mass is 9.72. The van der Waals surface area contributed by atoms with Gasteiger partial charge in [-0.2, -0.15) is 4.39 Å². The first-order valence-corrected chi connectivity index (χ1v) is 11.1. The Morgan fingerprint density at radius 3 is 2.41 bits per heavy atom. The Kier molecular flexibility index (Phi) is 8.46. The topological polar surface area (TPSA) is 18.5 Å². The standard InChI is InChI=1S/C24H33F3O2/c1-2-28-22-14-13-21(23(26)24(22)27)18-9-7-17(8-10-18)19-11-12-20(29-16-19)6-4-3-5-15-25/h3,5,13-14,17-20H,2,4,6-12,15-16H2,1H3. The van der Waals surface area contributed by atoms with E-state index < -0.39 is 18.3 Å². The second-order valence-electron chi connectivity index (χ2n) is 8.32. The van der Waals surface area contributed by atoms with Crippen LogP contribution in [0.15, 0.2) is 24.3 Å². The Hall–Kier alpha value is -1.49. The van der Waals surface area contributed by atoms with Gasteiger partial charge in [-0.1, -0.05) is 18.2 Å². The quantitative estimate of drug-likeness (QED) is 0.442. The molecule has 0 bridgehead atoms. The highest BCUT2D eigenvalue weighted by molar-refractivity contribution is 5.33. The first kappa shape index (κ1) is 22.2. The van der Waals surface area contributed by atoms with Crippen LogP contribution in [0.3, 0.4) is 0 Å². The summed E-state index contributed by atoms with van der Waals surface area (Å²) in [5.74, 6) is -0.359. The summed E-state index contributed by atoms with van der Waals surface area (Å²) in [6.45, 7) is 2.47. The van der Waals surface area contributed by atoms with Gasteiger partial charge in [-0.05, 0) is 87.7 Å². The van der Waals surface area contributed by atoms with Gasteiger partial charge in [0.15, 0.2) is 11.6 Å². The van der Waals surface area contributed by atoms with E-state index in [9.17, 15) is 13.2 Å². The average molecular weight is 411 g/mol. The highest BCUT2D eigenvalue weighted by Gasteiger charge is 2.33. The number of rotatable bonds is 8. The summed E-state index contributed by atoms with van der Waals surface area (Å²) in [6.07, 6.45) is 11.6. The van der Waals surface area contributed by atoms with Crippen LogP contribution in [0.2, 0.25) is 0 Å². The van der Waals surface area contributed by atoms with E-state index in [1.165, 1.54) is 6.42 Å². The van der Waals surface area contributed by atoms with Gasteiger partial charge < -0.3 is 9.47 Å². The summed E-state index contributed by atoms with van der Waals surface area (Å²) in [4.78, 5) is 0. The van der Waals surface area contributed by atoms with Crippen LogP contribution in [0.4, 0.5) is 13.2 Å². The van der Waals surface area contributed by atoms with Crippen molar-refractivity contribution in [3.8, 4) is 5.75 Å². The van der Waals surface area contributed by atoms with Crippen LogP contribution < -0.4 is 4.74 Å². The van der Waals surface area contributed by atoms with Crippen molar-refractivity contribution in [1.29, 1.82) is 0 Å². The van der Waals surface area contributed by atoms with Crippen LogP contribution in [0, 0.1) is 23.5 Å². The molecule has 2 atom stereocenters. The number of alkyl halides is 1. The molecule has 2 unspecified atom stereocenters. The summed E-state index contributed by atoms with van der Waals surface area (Å²) in [6, 6.07) is 3.25. The molecule has 0 spiro atoms. The van der Waals surface area contributed by atoms with Crippen LogP contribution >= 0.6 is 0 Å². The van der Waals surface area contributed by atoms with E-state index in [4.69, 9.17) is 9.47 Å². The lowest BCUT2D eigenvalue weighted by Crippen LogP contribution is -2.32. The lowest BCUT2D eigenvalue weighted by Gasteiger charge is -2.38. The summed E-state index contributed by atoms with van der Waals surface area (Å²) < 4.78 is 52.0. The molecule has 0 radical (unpaired) electrons. The Morgan fingerprint density at radius 2 is 1.76 bits per heavy atom. The van der Waals surface area contributed by atoms with E-state index in [-0.39, 0.29) is 17.8 Å². The molecule has 2 aliphatic rings. The molecule has 1 heterocycles. The van der Waals surface area contributed by atoms with Crippen molar-refractivity contribution in [3.05, 3.63) is 41.5 Å². The van der Waals surface area contributed by atoms with Gasteiger partial charge >= 0.3 is 0 Å². The number of allylic oxidation sites excluding steroid dienone is 2. The number of halogens is 3. The normalized spacial score (nSPS) is 28.0. The van der Waals surface area contributed by atoms with Crippen LogP contribution in [0.25, 0.3) is 0 Å². The lowest BCUT2D eigenvalue weighted by molar-refractivity contribution is -0.0402. The maximum Gasteiger partial charge on any atom is 0.200 e. The van der Waals surface area contributed by atoms with E-state index in [0.717, 1.165) is 51.6 Å². The molecule has 0 aromatic heterocycles. The highest BCUT2D eigenvalue weighted by atomic mass is 19.2. The zero-order valence-corrected chi connectivity index (χ0v) is 17.3. The Morgan fingerprint density at radius 1 is 1.00 bits per heavy atom. The minimum Gasteiger partial charge on any atom is -0.491 e. The molecule has 1 saturated heterocycles. The Bertz CT molecular complexity index is 660. The zero-order valence-electron chi connectivity index (χ0n) is 17.3. The third-order valence-corrected chi connectivity index (χ3v) is 6.57. The molecule has 0 N–H and O–H groups in total. The molecule has 1 aliphatic carbocycles. The van der Waals surface area contributed by atoms with Gasteiger partial charge in [0.05, 0.1) is 19.3 Å². The van der Waals surface area contributed by atoms with Crippen LogP contribution in [0.1, 0.15) is 69.8 Å². The molecule has 3 rings (SSSR count). The maximum atomic E-state index is 14.5. The SMILES string of the molecule is CCOc1ccc(C2CCC(C3CCC(CCC=CCF)OC3)CC2)c(F)c1F. The Balaban J connectivity index is 1.47. The first-order valence-electron chi connectivity index (χ1n) is 11.1.